The zero-order valence-corrected chi connectivity index (χ0v) is 16.0. The number of piperidine rings is 1. The van der Waals surface area contributed by atoms with E-state index in [1.165, 1.54) is 0 Å². The molecule has 0 aliphatic carbocycles. The maximum absolute atomic E-state index is 12.4. The van der Waals surface area contributed by atoms with Crippen LogP contribution in [0.5, 0.6) is 0 Å². The summed E-state index contributed by atoms with van der Waals surface area (Å²) in [5, 5.41) is 3.72. The van der Waals surface area contributed by atoms with Crippen molar-refractivity contribution in [3.63, 3.8) is 0 Å². The number of carbonyl (C=O) groups is 2. The summed E-state index contributed by atoms with van der Waals surface area (Å²) in [6.07, 6.45) is 6.22. The van der Waals surface area contributed by atoms with Crippen LogP contribution in [0.3, 0.4) is 0 Å². The highest BCUT2D eigenvalue weighted by Gasteiger charge is 2.23. The quantitative estimate of drug-likeness (QED) is 0.829. The van der Waals surface area contributed by atoms with Crippen LogP contribution in [-0.2, 0) is 11.2 Å². The largest absolute Gasteiger partial charge is 0.356 e. The molecule has 1 aromatic heterocycles. The number of carbonyl (C=O) groups excluding carboxylic acids is 2. The lowest BCUT2D eigenvalue weighted by molar-refractivity contribution is -0.121. The first-order valence-electron chi connectivity index (χ1n) is 9.32. The molecule has 1 aliphatic rings. The van der Waals surface area contributed by atoms with Crippen LogP contribution >= 0.6 is 11.6 Å². The Bertz CT molecular complexity index is 774. The van der Waals surface area contributed by atoms with Gasteiger partial charge in [-0.2, -0.15) is 0 Å². The molecule has 0 bridgehead atoms. The van der Waals surface area contributed by atoms with Gasteiger partial charge in [0.25, 0.3) is 5.91 Å². The van der Waals surface area contributed by atoms with Crippen LogP contribution in [-0.4, -0.2) is 41.3 Å². The summed E-state index contributed by atoms with van der Waals surface area (Å²) in [4.78, 5) is 30.4. The van der Waals surface area contributed by atoms with E-state index in [2.05, 4.69) is 10.3 Å². The number of hydrogen-bond acceptors (Lipinski definition) is 3. The fourth-order valence-electron chi connectivity index (χ4n) is 3.31. The van der Waals surface area contributed by atoms with Gasteiger partial charge >= 0.3 is 0 Å². The minimum absolute atomic E-state index is 0.0344. The summed E-state index contributed by atoms with van der Waals surface area (Å²) in [6, 6.07) is 11.2. The van der Waals surface area contributed by atoms with Crippen molar-refractivity contribution in [3.8, 4) is 0 Å². The molecule has 1 N–H and O–H groups in total. The first-order chi connectivity index (χ1) is 13.1. The second kappa shape index (κ2) is 9.51. The van der Waals surface area contributed by atoms with Crippen molar-refractivity contribution in [2.75, 3.05) is 19.6 Å². The van der Waals surface area contributed by atoms with Gasteiger partial charge in [-0.15, -0.1) is 0 Å². The number of halogens is 1. The molecule has 0 unspecified atom stereocenters. The molecule has 1 fully saturated rings. The Morgan fingerprint density at radius 2 is 2.00 bits per heavy atom. The van der Waals surface area contributed by atoms with Crippen LogP contribution in [0.25, 0.3) is 0 Å². The van der Waals surface area contributed by atoms with Gasteiger partial charge in [-0.25, -0.2) is 0 Å². The van der Waals surface area contributed by atoms with Gasteiger partial charge in [-0.1, -0.05) is 23.7 Å². The summed E-state index contributed by atoms with van der Waals surface area (Å²) >= 11 is 5.96. The normalized spacial score (nSPS) is 14.8. The van der Waals surface area contributed by atoms with Crippen LogP contribution in [0.1, 0.15) is 35.2 Å². The average Bonchev–Trinajstić information content (AvgIpc) is 2.71. The lowest BCUT2D eigenvalue weighted by Gasteiger charge is -2.32. The van der Waals surface area contributed by atoms with E-state index in [1.807, 2.05) is 29.2 Å². The topological polar surface area (TPSA) is 62.3 Å². The first kappa shape index (κ1) is 19.4. The number of aromatic nitrogens is 1. The summed E-state index contributed by atoms with van der Waals surface area (Å²) in [5.74, 6) is 0.508. The van der Waals surface area contributed by atoms with E-state index in [0.29, 0.717) is 35.9 Å². The molecule has 6 heteroatoms. The number of amides is 2. The SMILES string of the molecule is O=C(CCc1cccc(Cl)c1)NCC1CCN(C(=O)c2cccnc2)CC1. The average molecular weight is 386 g/mol. The molecule has 0 atom stereocenters. The van der Waals surface area contributed by atoms with E-state index in [0.717, 1.165) is 31.5 Å². The molecule has 142 valence electrons. The number of hydrogen-bond donors (Lipinski definition) is 1. The van der Waals surface area contributed by atoms with E-state index in [4.69, 9.17) is 11.6 Å². The van der Waals surface area contributed by atoms with Crippen LogP contribution < -0.4 is 5.32 Å². The van der Waals surface area contributed by atoms with Crippen molar-refractivity contribution in [3.05, 3.63) is 64.9 Å². The van der Waals surface area contributed by atoms with Gasteiger partial charge < -0.3 is 10.2 Å². The van der Waals surface area contributed by atoms with Gasteiger partial charge in [0.1, 0.15) is 0 Å². The van der Waals surface area contributed by atoms with Gasteiger partial charge in [0.15, 0.2) is 0 Å². The highest BCUT2D eigenvalue weighted by Crippen LogP contribution is 2.18. The van der Waals surface area contributed by atoms with Gasteiger partial charge in [-0.3, -0.25) is 14.6 Å². The molecule has 0 radical (unpaired) electrons. The third-order valence-electron chi connectivity index (χ3n) is 4.93. The Morgan fingerprint density at radius 1 is 1.19 bits per heavy atom. The number of nitrogens with one attached hydrogen (secondary N) is 1. The monoisotopic (exact) mass is 385 g/mol. The second-order valence-corrected chi connectivity index (χ2v) is 7.35. The maximum Gasteiger partial charge on any atom is 0.255 e. The minimum atomic E-state index is 0.0344. The zero-order valence-electron chi connectivity index (χ0n) is 15.2. The molecule has 1 saturated heterocycles. The third kappa shape index (κ3) is 5.79. The predicted molar refractivity (Wildman–Crippen MR) is 106 cm³/mol. The van der Waals surface area contributed by atoms with Gasteiger partial charge in [0.2, 0.25) is 5.91 Å². The van der Waals surface area contributed by atoms with E-state index in [9.17, 15) is 9.59 Å². The standard InChI is InChI=1S/C21H24ClN3O2/c22-19-5-1-3-16(13-19)6-7-20(26)24-14-17-8-11-25(12-9-17)21(27)18-4-2-10-23-15-18/h1-5,10,13,15,17H,6-9,11-12,14H2,(H,24,26). The first-order valence-corrected chi connectivity index (χ1v) is 9.70. The fraction of sp³-hybridized carbons (Fsp3) is 0.381. The summed E-state index contributed by atoms with van der Waals surface area (Å²) in [6.45, 7) is 2.11. The van der Waals surface area contributed by atoms with Crippen LogP contribution in [0.15, 0.2) is 48.8 Å². The number of nitrogens with zero attached hydrogens (tertiary/aromatic N) is 2. The Kier molecular flexibility index (Phi) is 6.82. The van der Waals surface area contributed by atoms with Gasteiger partial charge in [0.05, 0.1) is 5.56 Å². The van der Waals surface area contributed by atoms with Crippen molar-refractivity contribution < 1.29 is 9.59 Å². The molecule has 3 rings (SSSR count). The zero-order chi connectivity index (χ0) is 19.1. The molecule has 2 heterocycles. The van der Waals surface area contributed by atoms with Crippen molar-refractivity contribution in [2.45, 2.75) is 25.7 Å². The van der Waals surface area contributed by atoms with E-state index in [-0.39, 0.29) is 11.8 Å². The number of benzene rings is 1. The number of aryl methyl sites for hydroxylation is 1. The Hall–Kier alpha value is -2.40. The number of rotatable bonds is 6. The Labute approximate surface area is 164 Å². The number of likely N-dealkylation sites (tertiary alicyclic amines) is 1. The second-order valence-electron chi connectivity index (χ2n) is 6.91. The molecular formula is C21H24ClN3O2. The molecular weight excluding hydrogens is 362 g/mol. The predicted octanol–water partition coefficient (Wildman–Crippen LogP) is 3.34. The summed E-state index contributed by atoms with van der Waals surface area (Å²) in [7, 11) is 0. The van der Waals surface area contributed by atoms with Crippen LogP contribution in [0, 0.1) is 5.92 Å². The molecule has 27 heavy (non-hydrogen) atoms. The molecule has 1 aliphatic heterocycles. The molecule has 5 nitrogen and oxygen atoms in total. The van der Waals surface area contributed by atoms with Crippen LogP contribution in [0.4, 0.5) is 0 Å². The van der Waals surface area contributed by atoms with E-state index < -0.39 is 0 Å². The fourth-order valence-corrected chi connectivity index (χ4v) is 3.52. The Morgan fingerprint density at radius 3 is 2.70 bits per heavy atom. The summed E-state index contributed by atoms with van der Waals surface area (Å²) < 4.78 is 0. The summed E-state index contributed by atoms with van der Waals surface area (Å²) in [5.41, 5.74) is 1.70. The molecule has 2 amide bonds. The van der Waals surface area contributed by atoms with Crippen molar-refractivity contribution in [1.29, 1.82) is 0 Å². The van der Waals surface area contributed by atoms with Crippen LogP contribution in [0.2, 0.25) is 5.02 Å². The molecule has 2 aromatic rings. The maximum atomic E-state index is 12.4. The molecule has 1 aromatic carbocycles. The smallest absolute Gasteiger partial charge is 0.255 e. The highest BCUT2D eigenvalue weighted by atomic mass is 35.5. The highest BCUT2D eigenvalue weighted by molar-refractivity contribution is 6.30. The van der Waals surface area contributed by atoms with Crippen molar-refractivity contribution in [2.24, 2.45) is 5.92 Å². The molecule has 0 spiro atoms. The van der Waals surface area contributed by atoms with Crippen molar-refractivity contribution in [1.82, 2.24) is 15.2 Å². The lowest BCUT2D eigenvalue weighted by Crippen LogP contribution is -2.41. The third-order valence-corrected chi connectivity index (χ3v) is 5.16. The molecule has 0 saturated carbocycles. The van der Waals surface area contributed by atoms with E-state index in [1.54, 1.807) is 24.5 Å². The number of pyridine rings is 1. The van der Waals surface area contributed by atoms with E-state index >= 15 is 0 Å². The Balaban J connectivity index is 1.37. The van der Waals surface area contributed by atoms with Crippen molar-refractivity contribution >= 4 is 23.4 Å². The van der Waals surface area contributed by atoms with Gasteiger partial charge in [0, 0.05) is 43.5 Å². The van der Waals surface area contributed by atoms with Gasteiger partial charge in [-0.05, 0) is 55.0 Å². The lowest BCUT2D eigenvalue weighted by atomic mass is 9.96. The minimum Gasteiger partial charge on any atom is -0.356 e.